The molecule has 0 aliphatic heterocycles. The smallest absolute Gasteiger partial charge is 0.261 e. The second kappa shape index (κ2) is 8.71. The first-order valence-corrected chi connectivity index (χ1v) is 9.86. The Morgan fingerprint density at radius 2 is 1.68 bits per heavy atom. The van der Waals surface area contributed by atoms with Gasteiger partial charge in [-0.15, -0.1) is 0 Å². The molecule has 0 atom stereocenters. The third-order valence-electron chi connectivity index (χ3n) is 3.68. The average Bonchev–Trinajstić information content (AvgIpc) is 2.62. The maximum Gasteiger partial charge on any atom is 0.261 e. The molecule has 0 aliphatic rings. The van der Waals surface area contributed by atoms with Gasteiger partial charge in [-0.3, -0.25) is 4.72 Å². The van der Waals surface area contributed by atoms with Crippen LogP contribution in [0.1, 0.15) is 26.7 Å². The lowest BCUT2D eigenvalue weighted by molar-refractivity contribution is 0.414. The van der Waals surface area contributed by atoms with Crippen LogP contribution in [-0.4, -0.2) is 33.6 Å². The molecule has 0 radical (unpaired) electrons. The normalized spacial score (nSPS) is 11.2. The van der Waals surface area contributed by atoms with E-state index >= 15 is 0 Å². The number of rotatable bonds is 9. The standard InChI is InChI=1S/C18H25N3O3S/c1-4-12-21(13-5-2)18-11-6-15(14-19-18)20-25(22,23)17-9-7-16(24-3)8-10-17/h6-11,14,20H,4-5,12-13H2,1-3H3. The topological polar surface area (TPSA) is 71.5 Å². The molecular weight excluding hydrogens is 338 g/mol. The zero-order valence-corrected chi connectivity index (χ0v) is 15.7. The SMILES string of the molecule is CCCN(CCC)c1ccc(NS(=O)(=O)c2ccc(OC)cc2)cn1. The summed E-state index contributed by atoms with van der Waals surface area (Å²) in [6, 6.07) is 9.83. The van der Waals surface area contributed by atoms with E-state index in [0.717, 1.165) is 31.7 Å². The third kappa shape index (κ3) is 5.09. The van der Waals surface area contributed by atoms with E-state index in [1.54, 1.807) is 24.4 Å². The number of ether oxygens (including phenoxy) is 1. The predicted octanol–water partition coefficient (Wildman–Crippen LogP) is 3.52. The number of pyridine rings is 1. The fraction of sp³-hybridized carbons (Fsp3) is 0.389. The Morgan fingerprint density at radius 1 is 1.04 bits per heavy atom. The molecule has 7 heteroatoms. The molecule has 0 spiro atoms. The van der Waals surface area contributed by atoms with Crippen LogP contribution < -0.4 is 14.4 Å². The van der Waals surface area contributed by atoms with E-state index in [2.05, 4.69) is 28.5 Å². The second-order valence-corrected chi connectivity index (χ2v) is 7.36. The van der Waals surface area contributed by atoms with Crippen molar-refractivity contribution in [1.29, 1.82) is 0 Å². The minimum absolute atomic E-state index is 0.177. The van der Waals surface area contributed by atoms with Crippen LogP contribution in [0.15, 0.2) is 47.5 Å². The van der Waals surface area contributed by atoms with Crippen LogP contribution >= 0.6 is 0 Å². The van der Waals surface area contributed by atoms with Gasteiger partial charge in [-0.2, -0.15) is 0 Å². The molecule has 136 valence electrons. The summed E-state index contributed by atoms with van der Waals surface area (Å²) in [6.45, 7) is 6.11. The zero-order chi connectivity index (χ0) is 18.3. The lowest BCUT2D eigenvalue weighted by atomic mass is 10.3. The number of nitrogens with one attached hydrogen (secondary N) is 1. The average molecular weight is 363 g/mol. The van der Waals surface area contributed by atoms with Crippen LogP contribution in [0.5, 0.6) is 5.75 Å². The molecule has 0 aliphatic carbocycles. The molecule has 1 N–H and O–H groups in total. The highest BCUT2D eigenvalue weighted by atomic mass is 32.2. The number of nitrogens with zero attached hydrogens (tertiary/aromatic N) is 2. The fourth-order valence-electron chi connectivity index (χ4n) is 2.48. The van der Waals surface area contributed by atoms with Gasteiger partial charge in [-0.1, -0.05) is 13.8 Å². The van der Waals surface area contributed by atoms with Gasteiger partial charge in [-0.05, 0) is 49.2 Å². The number of sulfonamides is 1. The molecule has 25 heavy (non-hydrogen) atoms. The van der Waals surface area contributed by atoms with Gasteiger partial charge in [0.1, 0.15) is 11.6 Å². The van der Waals surface area contributed by atoms with Crippen molar-refractivity contribution in [3.8, 4) is 5.75 Å². The first-order valence-electron chi connectivity index (χ1n) is 8.38. The summed E-state index contributed by atoms with van der Waals surface area (Å²) in [5, 5.41) is 0. The van der Waals surface area contributed by atoms with E-state index in [1.165, 1.54) is 19.2 Å². The monoisotopic (exact) mass is 363 g/mol. The highest BCUT2D eigenvalue weighted by molar-refractivity contribution is 7.92. The zero-order valence-electron chi connectivity index (χ0n) is 14.9. The van der Waals surface area contributed by atoms with E-state index in [1.807, 2.05) is 6.07 Å². The number of aromatic nitrogens is 1. The molecule has 0 saturated carbocycles. The number of methoxy groups -OCH3 is 1. The summed E-state index contributed by atoms with van der Waals surface area (Å²) in [4.78, 5) is 6.77. The summed E-state index contributed by atoms with van der Waals surface area (Å²) in [7, 11) is -2.11. The van der Waals surface area contributed by atoms with Gasteiger partial charge in [0, 0.05) is 13.1 Å². The minimum Gasteiger partial charge on any atom is -0.497 e. The molecule has 0 fully saturated rings. The van der Waals surface area contributed by atoms with Gasteiger partial charge >= 0.3 is 0 Å². The van der Waals surface area contributed by atoms with Crippen molar-refractivity contribution in [3.63, 3.8) is 0 Å². The number of hydrogen-bond donors (Lipinski definition) is 1. The van der Waals surface area contributed by atoms with Crippen molar-refractivity contribution >= 4 is 21.5 Å². The molecule has 1 aromatic heterocycles. The number of hydrogen-bond acceptors (Lipinski definition) is 5. The van der Waals surface area contributed by atoms with Gasteiger partial charge in [0.2, 0.25) is 0 Å². The predicted molar refractivity (Wildman–Crippen MR) is 101 cm³/mol. The van der Waals surface area contributed by atoms with Crippen LogP contribution in [0, 0.1) is 0 Å². The molecule has 1 heterocycles. The maximum atomic E-state index is 12.4. The van der Waals surface area contributed by atoms with Crippen LogP contribution in [0.3, 0.4) is 0 Å². The van der Waals surface area contributed by atoms with Crippen molar-refractivity contribution in [3.05, 3.63) is 42.6 Å². The first-order chi connectivity index (χ1) is 12.0. The van der Waals surface area contributed by atoms with Crippen molar-refractivity contribution in [2.24, 2.45) is 0 Å². The molecule has 0 bridgehead atoms. The van der Waals surface area contributed by atoms with Gasteiger partial charge in [-0.25, -0.2) is 13.4 Å². The molecule has 2 aromatic rings. The van der Waals surface area contributed by atoms with E-state index in [0.29, 0.717) is 11.4 Å². The van der Waals surface area contributed by atoms with Crippen molar-refractivity contribution in [1.82, 2.24) is 4.98 Å². The van der Waals surface area contributed by atoms with E-state index in [4.69, 9.17) is 4.74 Å². The van der Waals surface area contributed by atoms with Crippen LogP contribution in [-0.2, 0) is 10.0 Å². The minimum atomic E-state index is -3.65. The summed E-state index contributed by atoms with van der Waals surface area (Å²) in [5.74, 6) is 1.47. The highest BCUT2D eigenvalue weighted by Crippen LogP contribution is 2.20. The van der Waals surface area contributed by atoms with Crippen LogP contribution in [0.25, 0.3) is 0 Å². The van der Waals surface area contributed by atoms with Crippen molar-refractivity contribution in [2.75, 3.05) is 29.8 Å². The van der Waals surface area contributed by atoms with Crippen LogP contribution in [0.4, 0.5) is 11.5 Å². The number of benzene rings is 1. The fourth-order valence-corrected chi connectivity index (χ4v) is 3.53. The van der Waals surface area contributed by atoms with Crippen molar-refractivity contribution in [2.45, 2.75) is 31.6 Å². The van der Waals surface area contributed by atoms with Gasteiger partial charge < -0.3 is 9.64 Å². The molecule has 1 aromatic carbocycles. The molecule has 2 rings (SSSR count). The van der Waals surface area contributed by atoms with E-state index in [9.17, 15) is 8.42 Å². The van der Waals surface area contributed by atoms with Crippen molar-refractivity contribution < 1.29 is 13.2 Å². The quantitative estimate of drug-likeness (QED) is 0.738. The lowest BCUT2D eigenvalue weighted by Crippen LogP contribution is -2.25. The van der Waals surface area contributed by atoms with E-state index < -0.39 is 10.0 Å². The van der Waals surface area contributed by atoms with E-state index in [-0.39, 0.29) is 4.90 Å². The summed E-state index contributed by atoms with van der Waals surface area (Å²) in [5.41, 5.74) is 0.438. The molecule has 6 nitrogen and oxygen atoms in total. The largest absolute Gasteiger partial charge is 0.497 e. The Hall–Kier alpha value is -2.28. The third-order valence-corrected chi connectivity index (χ3v) is 5.08. The van der Waals surface area contributed by atoms with Gasteiger partial charge in [0.25, 0.3) is 10.0 Å². The summed E-state index contributed by atoms with van der Waals surface area (Å²) >= 11 is 0. The Kier molecular flexibility index (Phi) is 6.64. The Bertz CT molecular complexity index is 753. The maximum absolute atomic E-state index is 12.4. The van der Waals surface area contributed by atoms with Gasteiger partial charge in [0.05, 0.1) is 23.9 Å². The Morgan fingerprint density at radius 3 is 2.16 bits per heavy atom. The molecule has 0 amide bonds. The summed E-state index contributed by atoms with van der Waals surface area (Å²) < 4.78 is 32.5. The van der Waals surface area contributed by atoms with Gasteiger partial charge in [0.15, 0.2) is 0 Å². The molecular formula is C18H25N3O3S. The Balaban J connectivity index is 2.13. The molecule has 0 unspecified atom stereocenters. The van der Waals surface area contributed by atoms with Crippen LogP contribution in [0.2, 0.25) is 0 Å². The molecule has 0 saturated heterocycles. The first kappa shape index (κ1) is 19.1. The summed E-state index contributed by atoms with van der Waals surface area (Å²) in [6.07, 6.45) is 3.62. The highest BCUT2D eigenvalue weighted by Gasteiger charge is 2.15. The number of anilines is 2. The lowest BCUT2D eigenvalue weighted by Gasteiger charge is -2.22. The Labute approximate surface area is 149 Å². The second-order valence-electron chi connectivity index (χ2n) is 5.67.